The number of rotatable bonds is 5. The minimum atomic E-state index is -0.908. The van der Waals surface area contributed by atoms with Gasteiger partial charge in [0.2, 0.25) is 5.91 Å². The molecule has 1 aliphatic heterocycles. The van der Waals surface area contributed by atoms with E-state index >= 15 is 0 Å². The Hall–Kier alpha value is -3.48. The molecule has 1 fully saturated rings. The highest BCUT2D eigenvalue weighted by Crippen LogP contribution is 2.31. The fourth-order valence-electron chi connectivity index (χ4n) is 4.04. The van der Waals surface area contributed by atoms with Gasteiger partial charge in [-0.05, 0) is 68.2 Å². The minimum Gasteiger partial charge on any atom is -0.495 e. The number of imidazole rings is 1. The molecule has 2 aromatic carbocycles. The maximum atomic E-state index is 13.7. The van der Waals surface area contributed by atoms with E-state index in [1.165, 1.54) is 6.07 Å². The molecule has 1 unspecified atom stereocenters. The van der Waals surface area contributed by atoms with Gasteiger partial charge in [0.15, 0.2) is 11.6 Å². The molecule has 32 heavy (non-hydrogen) atoms. The summed E-state index contributed by atoms with van der Waals surface area (Å²) in [7, 11) is 1.61. The second-order valence-corrected chi connectivity index (χ2v) is 7.97. The van der Waals surface area contributed by atoms with Gasteiger partial charge in [-0.1, -0.05) is 12.1 Å². The number of hydrogen-bond donors (Lipinski definition) is 0. The molecule has 0 bridgehead atoms. The van der Waals surface area contributed by atoms with E-state index in [2.05, 4.69) is 4.98 Å². The van der Waals surface area contributed by atoms with Crippen LogP contribution in [0.25, 0.3) is 11.8 Å². The number of nitrogens with zero attached hydrogens (tertiary/aromatic N) is 3. The van der Waals surface area contributed by atoms with E-state index in [1.54, 1.807) is 18.3 Å². The van der Waals surface area contributed by atoms with Gasteiger partial charge in [0.05, 0.1) is 30.9 Å². The van der Waals surface area contributed by atoms with Crippen LogP contribution in [0.4, 0.5) is 8.78 Å². The third-order valence-corrected chi connectivity index (χ3v) is 5.81. The van der Waals surface area contributed by atoms with Crippen molar-refractivity contribution in [2.75, 3.05) is 13.7 Å². The summed E-state index contributed by atoms with van der Waals surface area (Å²) in [6.45, 7) is 4.32. The summed E-state index contributed by atoms with van der Waals surface area (Å²) in [6.07, 6.45) is 6.98. The number of aromatic nitrogens is 2. The summed E-state index contributed by atoms with van der Waals surface area (Å²) in [5, 5.41) is 0. The van der Waals surface area contributed by atoms with Gasteiger partial charge in [-0.15, -0.1) is 0 Å². The van der Waals surface area contributed by atoms with Crippen molar-refractivity contribution in [2.24, 2.45) is 0 Å². The predicted octanol–water partition coefficient (Wildman–Crippen LogP) is 5.23. The molecule has 4 rings (SSSR count). The number of aryl methyl sites for hydroxylation is 1. The second-order valence-electron chi connectivity index (χ2n) is 7.97. The molecular weight excluding hydrogens is 412 g/mol. The average molecular weight is 437 g/mol. The van der Waals surface area contributed by atoms with Crippen molar-refractivity contribution in [3.05, 3.63) is 83.0 Å². The average Bonchev–Trinajstić information content (AvgIpc) is 3.22. The van der Waals surface area contributed by atoms with E-state index in [-0.39, 0.29) is 11.9 Å². The molecule has 166 valence electrons. The predicted molar refractivity (Wildman–Crippen MR) is 119 cm³/mol. The molecule has 0 radical (unpaired) electrons. The lowest BCUT2D eigenvalue weighted by Crippen LogP contribution is -2.38. The summed E-state index contributed by atoms with van der Waals surface area (Å²) in [5.41, 5.74) is 3.87. The molecule has 2 heterocycles. The molecule has 0 N–H and O–H groups in total. The van der Waals surface area contributed by atoms with E-state index in [4.69, 9.17) is 4.74 Å². The van der Waals surface area contributed by atoms with Crippen LogP contribution in [0.5, 0.6) is 5.75 Å². The van der Waals surface area contributed by atoms with Crippen molar-refractivity contribution in [1.82, 2.24) is 14.5 Å². The van der Waals surface area contributed by atoms with Crippen LogP contribution in [0.1, 0.15) is 42.6 Å². The van der Waals surface area contributed by atoms with Gasteiger partial charge < -0.3 is 14.2 Å². The van der Waals surface area contributed by atoms with Gasteiger partial charge >= 0.3 is 0 Å². The van der Waals surface area contributed by atoms with E-state index in [9.17, 15) is 13.6 Å². The van der Waals surface area contributed by atoms with Crippen molar-refractivity contribution in [1.29, 1.82) is 0 Å². The number of amides is 1. The van der Waals surface area contributed by atoms with Crippen LogP contribution in [0.3, 0.4) is 0 Å². The van der Waals surface area contributed by atoms with Gasteiger partial charge in [0.1, 0.15) is 5.75 Å². The highest BCUT2D eigenvalue weighted by Gasteiger charge is 2.28. The molecule has 3 aromatic rings. The molecule has 1 saturated heterocycles. The number of hydrogen-bond acceptors (Lipinski definition) is 3. The standard InChI is InChI=1S/C25H25F2N3O2/c1-16-14-29(15-28-16)23-9-6-18(12-24(23)32-3)11-20-5-4-10-30(25(20)31)17(2)19-7-8-21(26)22(27)13-19/h6-9,11-15,17H,4-5,10H2,1-3H3/b20-11+. The zero-order valence-electron chi connectivity index (χ0n) is 18.3. The Bertz CT molecular complexity index is 1190. The first-order chi connectivity index (χ1) is 15.4. The molecule has 1 atom stereocenters. The van der Waals surface area contributed by atoms with Crippen LogP contribution in [0.2, 0.25) is 0 Å². The molecule has 7 heteroatoms. The summed E-state index contributed by atoms with van der Waals surface area (Å²) in [4.78, 5) is 19.2. The number of piperidine rings is 1. The maximum absolute atomic E-state index is 13.7. The van der Waals surface area contributed by atoms with Gasteiger partial charge in [0, 0.05) is 18.3 Å². The zero-order valence-corrected chi connectivity index (χ0v) is 18.3. The monoisotopic (exact) mass is 437 g/mol. The fourth-order valence-corrected chi connectivity index (χ4v) is 4.04. The first-order valence-electron chi connectivity index (χ1n) is 10.5. The summed E-state index contributed by atoms with van der Waals surface area (Å²) >= 11 is 0. The quantitative estimate of drug-likeness (QED) is 0.513. The summed E-state index contributed by atoms with van der Waals surface area (Å²) in [6, 6.07) is 9.18. The SMILES string of the molecule is COc1cc(/C=C2\CCCN(C(C)c3ccc(F)c(F)c3)C2=O)ccc1-n1cnc(C)c1. The number of carbonyl (C=O) groups excluding carboxylic acids is 1. The Balaban J connectivity index is 1.59. The Morgan fingerprint density at radius 1 is 1.16 bits per heavy atom. The Labute approximate surface area is 186 Å². The van der Waals surface area contributed by atoms with Crippen molar-refractivity contribution in [3.63, 3.8) is 0 Å². The lowest BCUT2D eigenvalue weighted by molar-refractivity contribution is -0.130. The molecular formula is C25H25F2N3O2. The van der Waals surface area contributed by atoms with Crippen LogP contribution in [-0.4, -0.2) is 34.0 Å². The van der Waals surface area contributed by atoms with Crippen LogP contribution >= 0.6 is 0 Å². The van der Waals surface area contributed by atoms with Gasteiger partial charge in [-0.3, -0.25) is 4.79 Å². The lowest BCUT2D eigenvalue weighted by Gasteiger charge is -2.34. The molecule has 0 saturated carbocycles. The first-order valence-corrected chi connectivity index (χ1v) is 10.5. The van der Waals surface area contributed by atoms with Crippen LogP contribution in [0, 0.1) is 18.6 Å². The summed E-state index contributed by atoms with van der Waals surface area (Å²) in [5.74, 6) is -1.22. The van der Waals surface area contributed by atoms with Crippen molar-refractivity contribution >= 4 is 12.0 Å². The second kappa shape index (κ2) is 8.94. The van der Waals surface area contributed by atoms with Gasteiger partial charge in [-0.25, -0.2) is 13.8 Å². The third-order valence-electron chi connectivity index (χ3n) is 5.81. The van der Waals surface area contributed by atoms with Gasteiger partial charge in [-0.2, -0.15) is 0 Å². The summed E-state index contributed by atoms with van der Waals surface area (Å²) < 4.78 is 34.4. The molecule has 1 amide bonds. The first kappa shape index (κ1) is 21.7. The topological polar surface area (TPSA) is 47.4 Å². The minimum absolute atomic E-state index is 0.0956. The third kappa shape index (κ3) is 4.28. The number of benzene rings is 2. The number of methoxy groups -OCH3 is 1. The molecule has 5 nitrogen and oxygen atoms in total. The van der Waals surface area contributed by atoms with E-state index in [0.29, 0.717) is 29.9 Å². The van der Waals surface area contributed by atoms with Crippen LogP contribution in [0.15, 0.2) is 54.5 Å². The Kier molecular flexibility index (Phi) is 6.08. The number of halogens is 2. The number of carbonyl (C=O) groups is 1. The molecule has 0 aliphatic carbocycles. The van der Waals surface area contributed by atoms with Crippen LogP contribution < -0.4 is 4.74 Å². The van der Waals surface area contributed by atoms with E-state index in [1.807, 2.05) is 48.9 Å². The smallest absolute Gasteiger partial charge is 0.250 e. The van der Waals surface area contributed by atoms with E-state index in [0.717, 1.165) is 35.5 Å². The molecule has 1 aliphatic rings. The maximum Gasteiger partial charge on any atom is 0.250 e. The fraction of sp³-hybridized carbons (Fsp3) is 0.280. The zero-order chi connectivity index (χ0) is 22.8. The van der Waals surface area contributed by atoms with Crippen molar-refractivity contribution in [2.45, 2.75) is 32.7 Å². The Morgan fingerprint density at radius 2 is 1.97 bits per heavy atom. The van der Waals surface area contributed by atoms with Crippen LogP contribution in [-0.2, 0) is 4.79 Å². The lowest BCUT2D eigenvalue weighted by atomic mass is 9.97. The molecule has 1 aromatic heterocycles. The van der Waals surface area contributed by atoms with Crippen molar-refractivity contribution in [3.8, 4) is 11.4 Å². The number of likely N-dealkylation sites (tertiary alicyclic amines) is 1. The van der Waals surface area contributed by atoms with Gasteiger partial charge in [0.25, 0.3) is 0 Å². The van der Waals surface area contributed by atoms with Crippen molar-refractivity contribution < 1.29 is 18.3 Å². The highest BCUT2D eigenvalue weighted by molar-refractivity contribution is 5.98. The Morgan fingerprint density at radius 3 is 2.66 bits per heavy atom. The highest BCUT2D eigenvalue weighted by atomic mass is 19.2. The number of ether oxygens (including phenoxy) is 1. The largest absolute Gasteiger partial charge is 0.495 e. The normalized spacial score (nSPS) is 16.5. The van der Waals surface area contributed by atoms with E-state index < -0.39 is 11.6 Å². The molecule has 0 spiro atoms.